The zero-order valence-electron chi connectivity index (χ0n) is 14.5. The van der Waals surface area contributed by atoms with Crippen molar-refractivity contribution in [1.82, 2.24) is 24.6 Å². The predicted molar refractivity (Wildman–Crippen MR) is 89.1 cm³/mol. The minimum absolute atomic E-state index is 0.336. The molecule has 128 valence electrons. The summed E-state index contributed by atoms with van der Waals surface area (Å²) in [5, 5.41) is 4.48. The van der Waals surface area contributed by atoms with E-state index in [0.29, 0.717) is 18.4 Å². The van der Waals surface area contributed by atoms with E-state index in [2.05, 4.69) is 19.9 Å². The molecule has 1 aromatic rings. The van der Waals surface area contributed by atoms with Crippen LogP contribution < -0.4 is 0 Å². The van der Waals surface area contributed by atoms with Crippen LogP contribution in [0.1, 0.15) is 50.2 Å². The fourth-order valence-corrected chi connectivity index (χ4v) is 3.87. The lowest BCUT2D eigenvalue weighted by molar-refractivity contribution is -0.132. The zero-order valence-corrected chi connectivity index (χ0v) is 14.5. The molecule has 0 aromatic carbocycles. The molecule has 1 atom stereocenters. The first-order valence-electron chi connectivity index (χ1n) is 9.03. The molecule has 0 saturated carbocycles. The Morgan fingerprint density at radius 2 is 1.91 bits per heavy atom. The molecule has 0 bridgehead atoms. The van der Waals surface area contributed by atoms with Crippen LogP contribution in [0.2, 0.25) is 0 Å². The molecule has 3 rings (SSSR count). The smallest absolute Gasteiger partial charge is 0.223 e. The number of carbonyl (C=O) groups excluding carboxylic acids is 1. The second-order valence-corrected chi connectivity index (χ2v) is 6.91. The van der Waals surface area contributed by atoms with Gasteiger partial charge in [0.25, 0.3) is 0 Å². The van der Waals surface area contributed by atoms with Crippen molar-refractivity contribution < 1.29 is 4.79 Å². The Labute approximate surface area is 138 Å². The van der Waals surface area contributed by atoms with Gasteiger partial charge in [0.15, 0.2) is 0 Å². The molecule has 0 aliphatic carbocycles. The highest BCUT2D eigenvalue weighted by molar-refractivity contribution is 5.76. The monoisotopic (exact) mass is 319 g/mol. The molecule has 6 nitrogen and oxygen atoms in total. The predicted octanol–water partition coefficient (Wildman–Crippen LogP) is 1.76. The van der Waals surface area contributed by atoms with Crippen molar-refractivity contribution in [2.75, 3.05) is 26.2 Å². The van der Waals surface area contributed by atoms with Crippen molar-refractivity contribution in [3.05, 3.63) is 11.6 Å². The standard InChI is InChI=1S/C17H29N5O/c1-14-18-15(2)22(19-14)13-16-7-6-11-20(16)12-8-17(23)21-9-4-3-5-10-21/h16H,3-13H2,1-2H3/t16-/m0/s1. The molecule has 2 fully saturated rings. The van der Waals surface area contributed by atoms with Gasteiger partial charge in [-0.3, -0.25) is 9.69 Å². The fraction of sp³-hybridized carbons (Fsp3) is 0.824. The summed E-state index contributed by atoms with van der Waals surface area (Å²) in [6.07, 6.45) is 6.68. The van der Waals surface area contributed by atoms with Crippen LogP contribution in [-0.2, 0) is 11.3 Å². The van der Waals surface area contributed by atoms with Crippen LogP contribution in [0.5, 0.6) is 0 Å². The second-order valence-electron chi connectivity index (χ2n) is 6.91. The highest BCUT2D eigenvalue weighted by Gasteiger charge is 2.27. The maximum absolute atomic E-state index is 12.3. The van der Waals surface area contributed by atoms with Gasteiger partial charge in [0.2, 0.25) is 5.91 Å². The number of amides is 1. The van der Waals surface area contributed by atoms with Gasteiger partial charge in [0, 0.05) is 32.1 Å². The summed E-state index contributed by atoms with van der Waals surface area (Å²) >= 11 is 0. The largest absolute Gasteiger partial charge is 0.343 e. The van der Waals surface area contributed by atoms with Crippen LogP contribution in [0.15, 0.2) is 0 Å². The number of aromatic nitrogens is 3. The van der Waals surface area contributed by atoms with E-state index < -0.39 is 0 Å². The van der Waals surface area contributed by atoms with Crippen LogP contribution in [0.25, 0.3) is 0 Å². The maximum atomic E-state index is 12.3. The molecule has 3 heterocycles. The molecule has 23 heavy (non-hydrogen) atoms. The molecule has 2 aliphatic rings. The first-order chi connectivity index (χ1) is 11.1. The minimum atomic E-state index is 0.336. The Morgan fingerprint density at radius 1 is 1.13 bits per heavy atom. The van der Waals surface area contributed by atoms with Crippen LogP contribution in [0.4, 0.5) is 0 Å². The number of nitrogens with zero attached hydrogens (tertiary/aromatic N) is 5. The number of hydrogen-bond donors (Lipinski definition) is 0. The van der Waals surface area contributed by atoms with E-state index in [1.807, 2.05) is 18.5 Å². The highest BCUT2D eigenvalue weighted by atomic mass is 16.2. The molecule has 2 aliphatic heterocycles. The van der Waals surface area contributed by atoms with Gasteiger partial charge in [-0.2, -0.15) is 5.10 Å². The summed E-state index contributed by atoms with van der Waals surface area (Å²) in [6, 6.07) is 0.490. The van der Waals surface area contributed by atoms with Gasteiger partial charge in [-0.25, -0.2) is 9.67 Å². The first kappa shape index (κ1) is 16.4. The van der Waals surface area contributed by atoms with Gasteiger partial charge in [-0.15, -0.1) is 0 Å². The summed E-state index contributed by atoms with van der Waals surface area (Å²) in [5.74, 6) is 2.16. The van der Waals surface area contributed by atoms with Crippen molar-refractivity contribution in [3.63, 3.8) is 0 Å². The van der Waals surface area contributed by atoms with Gasteiger partial charge < -0.3 is 4.90 Å². The molecular formula is C17H29N5O. The van der Waals surface area contributed by atoms with Crippen molar-refractivity contribution in [2.45, 2.75) is 65.0 Å². The molecule has 0 spiro atoms. The third-order valence-electron chi connectivity index (χ3n) is 5.17. The van der Waals surface area contributed by atoms with Crippen molar-refractivity contribution in [1.29, 1.82) is 0 Å². The Bertz CT molecular complexity index is 535. The normalized spacial score (nSPS) is 22.7. The van der Waals surface area contributed by atoms with Gasteiger partial charge in [0.05, 0.1) is 6.54 Å². The first-order valence-corrected chi connectivity index (χ1v) is 9.03. The second kappa shape index (κ2) is 7.43. The van der Waals surface area contributed by atoms with Crippen molar-refractivity contribution in [3.8, 4) is 0 Å². The Morgan fingerprint density at radius 3 is 2.61 bits per heavy atom. The lowest BCUT2D eigenvalue weighted by Gasteiger charge is -2.29. The van der Waals surface area contributed by atoms with Crippen LogP contribution >= 0.6 is 0 Å². The molecule has 0 radical (unpaired) electrons. The van der Waals surface area contributed by atoms with E-state index in [1.54, 1.807) is 0 Å². The van der Waals surface area contributed by atoms with Gasteiger partial charge in [0.1, 0.15) is 11.6 Å². The number of likely N-dealkylation sites (tertiary alicyclic amines) is 2. The highest BCUT2D eigenvalue weighted by Crippen LogP contribution is 2.20. The number of piperidine rings is 1. The molecular weight excluding hydrogens is 290 g/mol. The van der Waals surface area contributed by atoms with E-state index in [-0.39, 0.29) is 0 Å². The van der Waals surface area contributed by atoms with E-state index in [0.717, 1.165) is 44.4 Å². The quantitative estimate of drug-likeness (QED) is 0.830. The lowest BCUT2D eigenvalue weighted by Crippen LogP contribution is -2.40. The summed E-state index contributed by atoms with van der Waals surface area (Å²) in [4.78, 5) is 21.3. The number of hydrogen-bond acceptors (Lipinski definition) is 4. The average Bonchev–Trinajstić information content (AvgIpc) is 3.12. The topological polar surface area (TPSA) is 54.3 Å². The number of aryl methyl sites for hydroxylation is 2. The molecule has 0 unspecified atom stereocenters. The van der Waals surface area contributed by atoms with E-state index in [4.69, 9.17) is 0 Å². The Kier molecular flexibility index (Phi) is 5.30. The van der Waals surface area contributed by atoms with Crippen LogP contribution in [-0.4, -0.2) is 62.7 Å². The van der Waals surface area contributed by atoms with Crippen molar-refractivity contribution in [2.24, 2.45) is 0 Å². The molecule has 0 N–H and O–H groups in total. The van der Waals surface area contributed by atoms with Crippen molar-refractivity contribution >= 4 is 5.91 Å². The maximum Gasteiger partial charge on any atom is 0.223 e. The third kappa shape index (κ3) is 4.10. The van der Waals surface area contributed by atoms with Gasteiger partial charge in [-0.1, -0.05) is 0 Å². The van der Waals surface area contributed by atoms with Crippen LogP contribution in [0, 0.1) is 13.8 Å². The number of rotatable bonds is 5. The van der Waals surface area contributed by atoms with E-state index >= 15 is 0 Å². The molecule has 6 heteroatoms. The average molecular weight is 319 g/mol. The third-order valence-corrected chi connectivity index (χ3v) is 5.17. The molecule has 2 saturated heterocycles. The Hall–Kier alpha value is -1.43. The van der Waals surface area contributed by atoms with Gasteiger partial charge in [-0.05, 0) is 52.5 Å². The van der Waals surface area contributed by atoms with E-state index in [9.17, 15) is 4.79 Å². The molecule has 1 aromatic heterocycles. The minimum Gasteiger partial charge on any atom is -0.343 e. The number of carbonyl (C=O) groups is 1. The van der Waals surface area contributed by atoms with Crippen LogP contribution in [0.3, 0.4) is 0 Å². The summed E-state index contributed by atoms with van der Waals surface area (Å²) in [6.45, 7) is 8.74. The summed E-state index contributed by atoms with van der Waals surface area (Å²) in [7, 11) is 0. The zero-order chi connectivity index (χ0) is 16.2. The Balaban J connectivity index is 1.50. The lowest BCUT2D eigenvalue weighted by atomic mass is 10.1. The summed E-state index contributed by atoms with van der Waals surface area (Å²) < 4.78 is 2.02. The molecule has 1 amide bonds. The summed E-state index contributed by atoms with van der Waals surface area (Å²) in [5.41, 5.74) is 0. The SMILES string of the molecule is Cc1nc(C)n(C[C@@H]2CCCN2CCC(=O)N2CCCCC2)n1. The van der Waals surface area contributed by atoms with E-state index in [1.165, 1.54) is 32.1 Å². The van der Waals surface area contributed by atoms with Gasteiger partial charge >= 0.3 is 0 Å². The fourth-order valence-electron chi connectivity index (χ4n) is 3.87.